The molecule has 0 saturated carbocycles. The smallest absolute Gasteiger partial charge is 0.160 e. The molecule has 4 nitrogen and oxygen atoms in total. The van der Waals surface area contributed by atoms with Crippen molar-refractivity contribution in [2.24, 2.45) is 0 Å². The van der Waals surface area contributed by atoms with Crippen molar-refractivity contribution in [2.75, 3.05) is 5.73 Å². The lowest BCUT2D eigenvalue weighted by Crippen LogP contribution is -2.28. The zero-order valence-electron chi connectivity index (χ0n) is 10.6. The molecule has 1 aliphatic carbocycles. The zero-order chi connectivity index (χ0) is 13.7. The Morgan fingerprint density at radius 1 is 1.10 bits per heavy atom. The first-order chi connectivity index (χ1) is 9.72. The highest BCUT2D eigenvalue weighted by atomic mass is 16.1. The Morgan fingerprint density at radius 2 is 2.00 bits per heavy atom. The summed E-state index contributed by atoms with van der Waals surface area (Å²) in [6, 6.07) is 8.01. The van der Waals surface area contributed by atoms with Crippen LogP contribution in [0.3, 0.4) is 0 Å². The molecule has 1 aromatic heterocycles. The lowest BCUT2D eigenvalue weighted by atomic mass is 9.99. The van der Waals surface area contributed by atoms with E-state index in [1.54, 1.807) is 6.08 Å². The Morgan fingerprint density at radius 3 is 2.90 bits per heavy atom. The molecular weight excluding hydrogens is 250 g/mol. The van der Waals surface area contributed by atoms with Gasteiger partial charge in [-0.2, -0.15) is 0 Å². The third kappa shape index (κ3) is 1.51. The highest BCUT2D eigenvalue weighted by Crippen LogP contribution is 2.25. The number of hydrogen-bond acceptors (Lipinski definition) is 4. The number of anilines is 1. The molecule has 0 fully saturated rings. The van der Waals surface area contributed by atoms with E-state index in [1.165, 1.54) is 6.33 Å². The predicted octanol–water partition coefficient (Wildman–Crippen LogP) is 0.899. The summed E-state index contributed by atoms with van der Waals surface area (Å²) in [5, 5.41) is 4.96. The van der Waals surface area contributed by atoms with Gasteiger partial charge in [0.1, 0.15) is 12.1 Å². The fourth-order valence-electron chi connectivity index (χ4n) is 2.73. The number of ketones is 1. The molecule has 0 bridgehead atoms. The molecule has 0 unspecified atom stereocenters. The van der Waals surface area contributed by atoms with Crippen LogP contribution in [0.2, 0.25) is 0 Å². The third-order valence-corrected chi connectivity index (χ3v) is 3.69. The number of nitrogen functional groups attached to an aromatic ring is 1. The number of hydrogen-bond donors (Lipinski definition) is 1. The Hall–Kier alpha value is -2.75. The van der Waals surface area contributed by atoms with Gasteiger partial charge in [0, 0.05) is 6.42 Å². The number of nitrogens with zero attached hydrogens (tertiary/aromatic N) is 2. The number of benzene rings is 2. The number of carbonyl (C=O) groups is 1. The number of aromatic nitrogens is 2. The average Bonchev–Trinajstić information content (AvgIpc) is 2.45. The number of carbonyl (C=O) groups excluding carboxylic acids is 1. The fraction of sp³-hybridized carbons (Fsp3) is 0.0625. The number of fused-ring (bicyclic) bond motifs is 4. The van der Waals surface area contributed by atoms with Crippen molar-refractivity contribution in [2.45, 2.75) is 6.42 Å². The molecule has 96 valence electrons. The summed E-state index contributed by atoms with van der Waals surface area (Å²) in [7, 11) is 0. The molecule has 1 aliphatic rings. The Balaban J connectivity index is 2.26. The molecule has 1 heterocycles. The van der Waals surface area contributed by atoms with Crippen LogP contribution in [-0.4, -0.2) is 15.8 Å². The van der Waals surface area contributed by atoms with Crippen LogP contribution < -0.4 is 16.2 Å². The molecule has 0 aliphatic heterocycles. The van der Waals surface area contributed by atoms with Crippen molar-refractivity contribution >= 4 is 45.4 Å². The summed E-state index contributed by atoms with van der Waals surface area (Å²) in [4.78, 5) is 19.8. The van der Waals surface area contributed by atoms with E-state index in [1.807, 2.05) is 24.3 Å². The molecule has 0 radical (unpaired) electrons. The van der Waals surface area contributed by atoms with Gasteiger partial charge in [0.05, 0.1) is 10.9 Å². The third-order valence-electron chi connectivity index (χ3n) is 3.69. The van der Waals surface area contributed by atoms with E-state index < -0.39 is 0 Å². The zero-order valence-corrected chi connectivity index (χ0v) is 10.6. The molecule has 0 amide bonds. The van der Waals surface area contributed by atoms with E-state index in [2.05, 4.69) is 16.0 Å². The van der Waals surface area contributed by atoms with Crippen molar-refractivity contribution in [3.63, 3.8) is 0 Å². The van der Waals surface area contributed by atoms with E-state index in [-0.39, 0.29) is 5.78 Å². The molecule has 4 heteroatoms. The first-order valence-corrected chi connectivity index (χ1v) is 6.40. The van der Waals surface area contributed by atoms with Crippen molar-refractivity contribution < 1.29 is 4.79 Å². The average molecular weight is 261 g/mol. The highest BCUT2D eigenvalue weighted by molar-refractivity contribution is 6.13. The first-order valence-electron chi connectivity index (χ1n) is 6.40. The second-order valence-corrected chi connectivity index (χ2v) is 4.94. The van der Waals surface area contributed by atoms with Gasteiger partial charge in [0.15, 0.2) is 5.78 Å². The van der Waals surface area contributed by atoms with E-state index in [9.17, 15) is 4.79 Å². The summed E-state index contributed by atoms with van der Waals surface area (Å²) < 4.78 is 0. The van der Waals surface area contributed by atoms with Crippen LogP contribution in [0.25, 0.3) is 33.8 Å². The van der Waals surface area contributed by atoms with E-state index in [0.717, 1.165) is 32.1 Å². The molecule has 0 saturated heterocycles. The van der Waals surface area contributed by atoms with Gasteiger partial charge in [-0.25, -0.2) is 9.97 Å². The van der Waals surface area contributed by atoms with Crippen LogP contribution in [-0.2, 0) is 4.79 Å². The minimum atomic E-state index is 0.139. The summed E-state index contributed by atoms with van der Waals surface area (Å²) in [5.74, 6) is 0.622. The van der Waals surface area contributed by atoms with Crippen LogP contribution in [0.5, 0.6) is 0 Å². The maximum absolute atomic E-state index is 11.5. The molecule has 4 rings (SSSR count). The summed E-state index contributed by atoms with van der Waals surface area (Å²) in [5.41, 5.74) is 6.83. The lowest BCUT2D eigenvalue weighted by molar-refractivity contribution is -0.112. The Labute approximate surface area is 114 Å². The van der Waals surface area contributed by atoms with Gasteiger partial charge in [0.2, 0.25) is 0 Å². The van der Waals surface area contributed by atoms with Crippen molar-refractivity contribution in [3.05, 3.63) is 41.0 Å². The topological polar surface area (TPSA) is 68.9 Å². The number of rotatable bonds is 0. The largest absolute Gasteiger partial charge is 0.383 e. The van der Waals surface area contributed by atoms with Crippen molar-refractivity contribution in [3.8, 4) is 0 Å². The minimum Gasteiger partial charge on any atom is -0.383 e. The first kappa shape index (κ1) is 11.1. The summed E-state index contributed by atoms with van der Waals surface area (Å²) in [6.45, 7) is 0. The van der Waals surface area contributed by atoms with E-state index >= 15 is 0 Å². The number of Topliss-reactive ketones (excluding diaryl/α,β-unsaturated/α-hetero) is 1. The van der Waals surface area contributed by atoms with Crippen LogP contribution in [0.4, 0.5) is 5.82 Å². The van der Waals surface area contributed by atoms with Crippen molar-refractivity contribution in [1.82, 2.24) is 9.97 Å². The highest BCUT2D eigenvalue weighted by Gasteiger charge is 2.08. The van der Waals surface area contributed by atoms with E-state index in [0.29, 0.717) is 12.2 Å². The summed E-state index contributed by atoms with van der Waals surface area (Å²) in [6.07, 6.45) is 5.58. The fourth-order valence-corrected chi connectivity index (χ4v) is 2.73. The molecule has 2 aromatic carbocycles. The van der Waals surface area contributed by atoms with Crippen LogP contribution in [0.15, 0.2) is 30.6 Å². The standard InChI is InChI=1S/C16H11N3O/c17-16-15-13-7-9-1-3-12(20)6-11(9)5-10(13)2-4-14(15)18-8-19-16/h1-2,4-8H,3H2,(H2,17,18,19). The van der Waals surface area contributed by atoms with Gasteiger partial charge >= 0.3 is 0 Å². The minimum absolute atomic E-state index is 0.139. The molecular formula is C16H11N3O. The van der Waals surface area contributed by atoms with Gasteiger partial charge in [-0.3, -0.25) is 4.79 Å². The maximum Gasteiger partial charge on any atom is 0.160 e. The van der Waals surface area contributed by atoms with Gasteiger partial charge in [-0.05, 0) is 45.5 Å². The quantitative estimate of drug-likeness (QED) is 0.610. The van der Waals surface area contributed by atoms with Crippen LogP contribution in [0.1, 0.15) is 6.42 Å². The van der Waals surface area contributed by atoms with Crippen LogP contribution in [0, 0.1) is 0 Å². The maximum atomic E-state index is 11.5. The van der Waals surface area contributed by atoms with Gasteiger partial charge in [-0.15, -0.1) is 0 Å². The molecule has 0 atom stereocenters. The molecule has 20 heavy (non-hydrogen) atoms. The SMILES string of the molecule is Nc1ncnc2ccc3cc4c(cc3c12)=CCC(=O)C=4. The normalized spacial score (nSPS) is 13.9. The Kier molecular flexibility index (Phi) is 2.15. The molecule has 0 spiro atoms. The Bertz CT molecular complexity index is 1010. The number of nitrogens with two attached hydrogens (primary N) is 1. The molecule has 2 N–H and O–H groups in total. The van der Waals surface area contributed by atoms with E-state index in [4.69, 9.17) is 5.73 Å². The predicted molar refractivity (Wildman–Crippen MR) is 79.3 cm³/mol. The van der Waals surface area contributed by atoms with Crippen molar-refractivity contribution in [1.29, 1.82) is 0 Å². The van der Waals surface area contributed by atoms with Gasteiger partial charge < -0.3 is 5.73 Å². The summed E-state index contributed by atoms with van der Waals surface area (Å²) >= 11 is 0. The van der Waals surface area contributed by atoms with Gasteiger partial charge in [0.25, 0.3) is 0 Å². The molecule has 3 aromatic rings. The second kappa shape index (κ2) is 3.87. The van der Waals surface area contributed by atoms with Crippen LogP contribution >= 0.6 is 0 Å². The second-order valence-electron chi connectivity index (χ2n) is 4.94. The van der Waals surface area contributed by atoms with Gasteiger partial charge in [-0.1, -0.05) is 12.1 Å². The lowest BCUT2D eigenvalue weighted by Gasteiger charge is -2.07. The monoisotopic (exact) mass is 261 g/mol.